The van der Waals surface area contributed by atoms with Crippen LogP contribution in [-0.4, -0.2) is 16.9 Å². The van der Waals surface area contributed by atoms with Crippen LogP contribution in [0.5, 0.6) is 0 Å². The van der Waals surface area contributed by atoms with Gasteiger partial charge in [-0.1, -0.05) is 24.3 Å². The number of rotatable bonds is 3. The molecule has 3 aromatic rings. The molecule has 0 saturated carbocycles. The van der Waals surface area contributed by atoms with Gasteiger partial charge >= 0.3 is 0 Å². The molecule has 0 aliphatic heterocycles. The maximum atomic E-state index is 13.1. The van der Waals surface area contributed by atoms with Crippen LogP contribution in [0.25, 0.3) is 10.6 Å². The molecule has 3 nitrogen and oxygen atoms in total. The van der Waals surface area contributed by atoms with Crippen molar-refractivity contribution in [1.29, 1.82) is 0 Å². The Morgan fingerprint density at radius 3 is 2.65 bits per heavy atom. The summed E-state index contributed by atoms with van der Waals surface area (Å²) in [5, 5.41) is 3.90. The summed E-state index contributed by atoms with van der Waals surface area (Å²) < 4.78 is 13.1. The molecule has 1 heterocycles. The predicted molar refractivity (Wildman–Crippen MR) is 102 cm³/mol. The molecule has 1 unspecified atom stereocenters. The highest BCUT2D eigenvalue weighted by atomic mass is 32.1. The molecule has 1 atom stereocenters. The molecule has 0 radical (unpaired) electrons. The summed E-state index contributed by atoms with van der Waals surface area (Å²) in [6, 6.07) is 14.7. The molecular formula is C21H19FN2OS. The van der Waals surface area contributed by atoms with Gasteiger partial charge in [-0.15, -0.1) is 11.3 Å². The molecule has 132 valence electrons. The molecule has 0 bridgehead atoms. The van der Waals surface area contributed by atoms with Gasteiger partial charge in [-0.3, -0.25) is 4.79 Å². The second-order valence-electron chi connectivity index (χ2n) is 6.62. The quantitative estimate of drug-likeness (QED) is 0.739. The zero-order valence-corrected chi connectivity index (χ0v) is 15.3. The molecule has 1 aromatic heterocycles. The molecule has 1 amide bonds. The fourth-order valence-corrected chi connectivity index (χ4v) is 4.37. The fourth-order valence-electron chi connectivity index (χ4n) is 3.39. The van der Waals surface area contributed by atoms with Gasteiger partial charge in [-0.2, -0.15) is 0 Å². The summed E-state index contributed by atoms with van der Waals surface area (Å²) in [7, 11) is 0. The Morgan fingerprint density at radius 1 is 1.15 bits per heavy atom. The van der Waals surface area contributed by atoms with Crippen LogP contribution in [0, 0.1) is 12.7 Å². The smallest absolute Gasteiger partial charge is 0.263 e. The van der Waals surface area contributed by atoms with E-state index >= 15 is 0 Å². The largest absolute Gasteiger partial charge is 0.348 e. The van der Waals surface area contributed by atoms with Gasteiger partial charge in [0.2, 0.25) is 0 Å². The van der Waals surface area contributed by atoms with Crippen LogP contribution in [0.4, 0.5) is 4.39 Å². The third-order valence-electron chi connectivity index (χ3n) is 4.78. The van der Waals surface area contributed by atoms with E-state index in [0.717, 1.165) is 29.8 Å². The molecule has 0 fully saturated rings. The Balaban J connectivity index is 1.50. The topological polar surface area (TPSA) is 42.0 Å². The third kappa shape index (κ3) is 3.40. The Labute approximate surface area is 155 Å². The molecule has 5 heteroatoms. The minimum atomic E-state index is -0.280. The van der Waals surface area contributed by atoms with Crippen LogP contribution in [-0.2, 0) is 12.8 Å². The number of hydrogen-bond donors (Lipinski definition) is 1. The first kappa shape index (κ1) is 16.9. The summed E-state index contributed by atoms with van der Waals surface area (Å²) >= 11 is 1.36. The number of aryl methyl sites for hydroxylation is 2. The van der Waals surface area contributed by atoms with Crippen molar-refractivity contribution < 1.29 is 9.18 Å². The van der Waals surface area contributed by atoms with Gasteiger partial charge in [-0.25, -0.2) is 9.37 Å². The summed E-state index contributed by atoms with van der Waals surface area (Å²) in [4.78, 5) is 17.9. The van der Waals surface area contributed by atoms with Crippen molar-refractivity contribution in [3.05, 3.63) is 76.0 Å². The zero-order valence-electron chi connectivity index (χ0n) is 14.5. The maximum Gasteiger partial charge on any atom is 0.263 e. The lowest BCUT2D eigenvalue weighted by Crippen LogP contribution is -2.38. The molecule has 0 spiro atoms. The van der Waals surface area contributed by atoms with E-state index in [1.54, 1.807) is 12.1 Å². The number of benzene rings is 2. The standard InChI is InChI=1S/C21H19FN2OS/c1-13-19(26-21(23-13)15-6-9-17(22)10-7-15)20(25)24-18-11-8-14-4-2-3-5-16(14)12-18/h2-7,9-10,18H,8,11-12H2,1H3,(H,24,25). The molecule has 1 aliphatic carbocycles. The Bertz CT molecular complexity index is 949. The highest BCUT2D eigenvalue weighted by Gasteiger charge is 2.23. The van der Waals surface area contributed by atoms with Crippen LogP contribution in [0.3, 0.4) is 0 Å². The van der Waals surface area contributed by atoms with Gasteiger partial charge in [0.05, 0.1) is 5.69 Å². The SMILES string of the molecule is Cc1nc(-c2ccc(F)cc2)sc1C(=O)NC1CCc2ccccc2C1. The normalized spacial score (nSPS) is 16.2. The van der Waals surface area contributed by atoms with Gasteiger partial charge < -0.3 is 5.32 Å². The number of fused-ring (bicyclic) bond motifs is 1. The number of halogens is 1. The number of amides is 1. The lowest BCUT2D eigenvalue weighted by molar-refractivity contribution is 0.0937. The number of nitrogens with zero attached hydrogens (tertiary/aromatic N) is 1. The van der Waals surface area contributed by atoms with Crippen molar-refractivity contribution in [2.75, 3.05) is 0 Å². The van der Waals surface area contributed by atoms with Crippen molar-refractivity contribution >= 4 is 17.2 Å². The molecule has 1 N–H and O–H groups in total. The molecular weight excluding hydrogens is 347 g/mol. The second kappa shape index (κ2) is 7.00. The van der Waals surface area contributed by atoms with E-state index < -0.39 is 0 Å². The van der Waals surface area contributed by atoms with E-state index in [1.807, 2.05) is 13.0 Å². The van der Waals surface area contributed by atoms with Crippen molar-refractivity contribution in [2.45, 2.75) is 32.2 Å². The lowest BCUT2D eigenvalue weighted by Gasteiger charge is -2.25. The van der Waals surface area contributed by atoms with E-state index in [1.165, 1.54) is 34.6 Å². The zero-order chi connectivity index (χ0) is 18.1. The maximum absolute atomic E-state index is 13.1. The fraction of sp³-hybridized carbons (Fsp3) is 0.238. The number of aromatic nitrogens is 1. The van der Waals surface area contributed by atoms with Gasteiger partial charge in [0.15, 0.2) is 0 Å². The van der Waals surface area contributed by atoms with Crippen LogP contribution in [0.15, 0.2) is 48.5 Å². The van der Waals surface area contributed by atoms with Crippen LogP contribution in [0.1, 0.15) is 32.9 Å². The molecule has 1 aliphatic rings. The van der Waals surface area contributed by atoms with E-state index in [0.29, 0.717) is 10.6 Å². The number of carbonyl (C=O) groups excluding carboxylic acids is 1. The Morgan fingerprint density at radius 2 is 1.88 bits per heavy atom. The minimum Gasteiger partial charge on any atom is -0.348 e. The lowest BCUT2D eigenvalue weighted by atomic mass is 9.88. The highest BCUT2D eigenvalue weighted by molar-refractivity contribution is 7.17. The van der Waals surface area contributed by atoms with Crippen LogP contribution in [0.2, 0.25) is 0 Å². The van der Waals surface area contributed by atoms with Crippen LogP contribution >= 0.6 is 11.3 Å². The summed E-state index contributed by atoms with van der Waals surface area (Å²) in [6.45, 7) is 1.84. The van der Waals surface area contributed by atoms with E-state index in [4.69, 9.17) is 0 Å². The molecule has 0 saturated heterocycles. The summed E-state index contributed by atoms with van der Waals surface area (Å²) in [6.07, 6.45) is 2.81. The van der Waals surface area contributed by atoms with Gasteiger partial charge in [0, 0.05) is 11.6 Å². The van der Waals surface area contributed by atoms with Crippen molar-refractivity contribution in [3.8, 4) is 10.6 Å². The van der Waals surface area contributed by atoms with Crippen molar-refractivity contribution in [2.24, 2.45) is 0 Å². The van der Waals surface area contributed by atoms with Gasteiger partial charge in [0.25, 0.3) is 5.91 Å². The van der Waals surface area contributed by atoms with Crippen molar-refractivity contribution in [3.63, 3.8) is 0 Å². The first-order chi connectivity index (χ1) is 12.6. The first-order valence-corrected chi connectivity index (χ1v) is 9.53. The Kier molecular flexibility index (Phi) is 4.55. The summed E-state index contributed by atoms with van der Waals surface area (Å²) in [5.41, 5.74) is 4.23. The second-order valence-corrected chi connectivity index (χ2v) is 7.62. The molecule has 2 aromatic carbocycles. The minimum absolute atomic E-state index is 0.0715. The molecule has 26 heavy (non-hydrogen) atoms. The highest BCUT2D eigenvalue weighted by Crippen LogP contribution is 2.28. The summed E-state index contributed by atoms with van der Waals surface area (Å²) in [5.74, 6) is -0.352. The van der Waals surface area contributed by atoms with E-state index in [9.17, 15) is 9.18 Å². The van der Waals surface area contributed by atoms with Gasteiger partial charge in [0.1, 0.15) is 15.7 Å². The van der Waals surface area contributed by atoms with Gasteiger partial charge in [-0.05, 0) is 61.6 Å². The van der Waals surface area contributed by atoms with Crippen LogP contribution < -0.4 is 5.32 Å². The first-order valence-electron chi connectivity index (χ1n) is 8.71. The Hall–Kier alpha value is -2.53. The molecule has 4 rings (SSSR count). The number of carbonyl (C=O) groups is 1. The van der Waals surface area contributed by atoms with Crippen molar-refractivity contribution in [1.82, 2.24) is 10.3 Å². The number of hydrogen-bond acceptors (Lipinski definition) is 3. The number of thiazole rings is 1. The predicted octanol–water partition coefficient (Wildman–Crippen LogP) is 4.54. The third-order valence-corrected chi connectivity index (χ3v) is 5.98. The average Bonchev–Trinajstić information content (AvgIpc) is 3.04. The monoisotopic (exact) mass is 366 g/mol. The number of nitrogens with one attached hydrogen (secondary N) is 1. The average molecular weight is 366 g/mol. The van der Waals surface area contributed by atoms with E-state index in [2.05, 4.69) is 28.5 Å². The van der Waals surface area contributed by atoms with E-state index in [-0.39, 0.29) is 17.8 Å².